The molecule has 0 radical (unpaired) electrons. The third-order valence-electron chi connectivity index (χ3n) is 6.68. The number of rotatable bonds is 7. The number of carbonyl (C=O) groups is 1. The largest absolute Gasteiger partial charge is 0.480 e. The molecule has 0 aliphatic carbocycles. The van der Waals surface area contributed by atoms with Crippen molar-refractivity contribution in [3.8, 4) is 0 Å². The van der Waals surface area contributed by atoms with E-state index in [1.165, 1.54) is 5.01 Å². The van der Waals surface area contributed by atoms with E-state index in [1.807, 2.05) is 30.3 Å². The lowest BCUT2D eigenvalue weighted by Crippen LogP contribution is -2.51. The van der Waals surface area contributed by atoms with E-state index >= 15 is 0 Å². The summed E-state index contributed by atoms with van der Waals surface area (Å²) in [5.74, 6) is -2.28. The number of halogens is 4. The average Bonchev–Trinajstić information content (AvgIpc) is 2.95. The third-order valence-corrected chi connectivity index (χ3v) is 8.21. The molecule has 1 aliphatic heterocycles. The molecule has 0 spiro atoms. The highest BCUT2D eigenvalue weighted by molar-refractivity contribution is 7.90. The Morgan fingerprint density at radius 1 is 1.05 bits per heavy atom. The number of nitrogens with one attached hydrogen (secondary N) is 1. The van der Waals surface area contributed by atoms with Gasteiger partial charge in [0.15, 0.2) is 0 Å². The van der Waals surface area contributed by atoms with Gasteiger partial charge in [-0.1, -0.05) is 67.9 Å². The van der Waals surface area contributed by atoms with Gasteiger partial charge in [-0.15, -0.1) is 4.40 Å². The van der Waals surface area contributed by atoms with Crippen molar-refractivity contribution in [3.63, 3.8) is 0 Å². The van der Waals surface area contributed by atoms with Crippen LogP contribution in [0.2, 0.25) is 5.02 Å². The summed E-state index contributed by atoms with van der Waals surface area (Å²) >= 11 is 6.10. The van der Waals surface area contributed by atoms with Gasteiger partial charge in [-0.2, -0.15) is 26.7 Å². The molecular formula is C29H28ClF3N4O4S. The number of guanidine groups is 1. The summed E-state index contributed by atoms with van der Waals surface area (Å²) in [5, 5.41) is 19.1. The van der Waals surface area contributed by atoms with Gasteiger partial charge in [0.1, 0.15) is 6.04 Å². The lowest BCUT2D eigenvalue weighted by atomic mass is 9.86. The zero-order valence-corrected chi connectivity index (χ0v) is 24.2. The summed E-state index contributed by atoms with van der Waals surface area (Å²) in [4.78, 5) is 11.5. The van der Waals surface area contributed by atoms with E-state index in [1.54, 1.807) is 38.1 Å². The van der Waals surface area contributed by atoms with E-state index in [2.05, 4.69) is 9.71 Å². The van der Waals surface area contributed by atoms with Gasteiger partial charge in [-0.05, 0) is 59.9 Å². The Morgan fingerprint density at radius 3 is 2.21 bits per heavy atom. The predicted molar refractivity (Wildman–Crippen MR) is 154 cm³/mol. The number of carboxylic acid groups (broad SMARTS) is 1. The first-order valence-corrected chi connectivity index (χ1v) is 14.8. The van der Waals surface area contributed by atoms with E-state index in [4.69, 9.17) is 16.7 Å². The van der Waals surface area contributed by atoms with E-state index in [0.717, 1.165) is 17.7 Å². The van der Waals surface area contributed by atoms with Crippen LogP contribution < -0.4 is 5.32 Å². The fraction of sp³-hybridized carbons (Fsp3) is 0.276. The highest BCUT2D eigenvalue weighted by Gasteiger charge is 2.33. The molecule has 13 heteroatoms. The summed E-state index contributed by atoms with van der Waals surface area (Å²) in [6, 6.07) is 18.2. The fourth-order valence-electron chi connectivity index (χ4n) is 4.46. The topological polar surface area (TPSA) is 111 Å². The molecule has 4 rings (SSSR count). The highest BCUT2D eigenvalue weighted by Crippen LogP contribution is 2.32. The zero-order chi connectivity index (χ0) is 30.7. The van der Waals surface area contributed by atoms with Gasteiger partial charge >= 0.3 is 12.1 Å². The van der Waals surface area contributed by atoms with Crippen molar-refractivity contribution >= 4 is 39.3 Å². The Kier molecular flexibility index (Phi) is 9.27. The molecular weight excluding hydrogens is 593 g/mol. The monoisotopic (exact) mass is 620 g/mol. The first kappa shape index (κ1) is 31.0. The number of nitrogens with zero attached hydrogens (tertiary/aromatic N) is 3. The van der Waals surface area contributed by atoms with Crippen molar-refractivity contribution in [1.82, 2.24) is 10.3 Å². The quantitative estimate of drug-likeness (QED) is 0.248. The molecule has 0 saturated heterocycles. The molecule has 8 nitrogen and oxygen atoms in total. The van der Waals surface area contributed by atoms with Crippen LogP contribution in [0.4, 0.5) is 13.2 Å². The maximum absolute atomic E-state index is 13.3. The van der Waals surface area contributed by atoms with E-state index in [0.29, 0.717) is 34.9 Å². The Bertz CT molecular complexity index is 1580. The number of sulfonamides is 1. The minimum atomic E-state index is -4.65. The molecule has 0 bridgehead atoms. The molecule has 3 aromatic rings. The van der Waals surface area contributed by atoms with Crippen LogP contribution in [0.5, 0.6) is 0 Å². The van der Waals surface area contributed by atoms with E-state index in [9.17, 15) is 31.5 Å². The normalized spacial score (nSPS) is 17.1. The molecule has 1 aliphatic rings. The molecule has 0 amide bonds. The maximum Gasteiger partial charge on any atom is 0.416 e. The van der Waals surface area contributed by atoms with Gasteiger partial charge in [0.25, 0.3) is 10.0 Å². The standard InChI is InChI=1S/C29H28ClF3N4O4S/c1-18(2)25(27(38)39)34-28(36-42(40,41)23-14-10-21(11-15-23)29(31,32)33)37-17-16-24(19-6-4-3-5-7-19)26(35-37)20-8-12-22(30)13-9-20/h3-15,18,24-25H,16-17H2,1-2H3,(H,34,36)(H,38,39)/t24-,25?/m0/s1. The number of hydrogen-bond acceptors (Lipinski definition) is 4. The number of alkyl halides is 3. The summed E-state index contributed by atoms with van der Waals surface area (Å²) in [6.07, 6.45) is -4.19. The maximum atomic E-state index is 13.3. The minimum Gasteiger partial charge on any atom is -0.480 e. The number of aliphatic carboxylic acids is 1. The molecule has 1 heterocycles. The molecule has 0 aromatic heterocycles. The summed E-state index contributed by atoms with van der Waals surface area (Å²) < 4.78 is 69.6. The summed E-state index contributed by atoms with van der Waals surface area (Å²) in [5.41, 5.74) is 1.23. The van der Waals surface area contributed by atoms with Gasteiger partial charge < -0.3 is 10.4 Å². The third kappa shape index (κ3) is 7.29. The number of hydrazone groups is 1. The average molecular weight is 621 g/mol. The van der Waals surface area contributed by atoms with Crippen molar-refractivity contribution in [3.05, 3.63) is 101 Å². The van der Waals surface area contributed by atoms with Gasteiger partial charge in [0.2, 0.25) is 5.96 Å². The summed E-state index contributed by atoms with van der Waals surface area (Å²) in [7, 11) is -4.58. The van der Waals surface area contributed by atoms with Crippen LogP contribution in [-0.2, 0) is 21.0 Å². The smallest absolute Gasteiger partial charge is 0.416 e. The lowest BCUT2D eigenvalue weighted by Gasteiger charge is -2.33. The molecule has 1 unspecified atom stereocenters. The van der Waals surface area contributed by atoms with Crippen molar-refractivity contribution in [2.24, 2.45) is 15.4 Å². The highest BCUT2D eigenvalue weighted by atomic mass is 35.5. The van der Waals surface area contributed by atoms with Gasteiger partial charge in [0.05, 0.1) is 16.2 Å². The van der Waals surface area contributed by atoms with Gasteiger partial charge in [-0.3, -0.25) is 0 Å². The Hall–Kier alpha value is -3.90. The van der Waals surface area contributed by atoms with Crippen LogP contribution in [0, 0.1) is 5.92 Å². The van der Waals surface area contributed by atoms with Gasteiger partial charge in [0, 0.05) is 17.5 Å². The van der Waals surface area contributed by atoms with Gasteiger partial charge in [-0.25, -0.2) is 9.80 Å². The first-order valence-electron chi connectivity index (χ1n) is 12.9. The van der Waals surface area contributed by atoms with Crippen molar-refractivity contribution < 1.29 is 31.5 Å². The molecule has 2 atom stereocenters. The zero-order valence-electron chi connectivity index (χ0n) is 22.6. The Balaban J connectivity index is 1.83. The molecule has 3 aromatic carbocycles. The van der Waals surface area contributed by atoms with Crippen LogP contribution in [0.25, 0.3) is 0 Å². The molecule has 42 heavy (non-hydrogen) atoms. The second-order valence-electron chi connectivity index (χ2n) is 9.98. The molecule has 2 N–H and O–H groups in total. The second-order valence-corrected chi connectivity index (χ2v) is 12.0. The van der Waals surface area contributed by atoms with Crippen molar-refractivity contribution in [1.29, 1.82) is 0 Å². The van der Waals surface area contributed by atoms with Crippen LogP contribution in [0.15, 0.2) is 93.3 Å². The Labute approximate surface area is 246 Å². The molecule has 222 valence electrons. The van der Waals surface area contributed by atoms with Crippen LogP contribution in [0.1, 0.15) is 42.9 Å². The van der Waals surface area contributed by atoms with E-state index in [-0.39, 0.29) is 18.4 Å². The molecule has 0 saturated carbocycles. The molecule has 0 fully saturated rings. The second kappa shape index (κ2) is 12.5. The van der Waals surface area contributed by atoms with E-state index < -0.39 is 44.6 Å². The fourth-order valence-corrected chi connectivity index (χ4v) is 5.55. The SMILES string of the molecule is CC(C)C(N/C(=N/S(=O)(=O)c1ccc(C(F)(F)F)cc1)N1CC[C@@H](c2ccccc2)C(c2ccc(Cl)cc2)=N1)C(=O)O. The number of carboxylic acids is 1. The minimum absolute atomic E-state index is 0.162. The van der Waals surface area contributed by atoms with Crippen molar-refractivity contribution in [2.75, 3.05) is 6.54 Å². The van der Waals surface area contributed by atoms with Crippen molar-refractivity contribution in [2.45, 2.75) is 43.3 Å². The first-order chi connectivity index (χ1) is 19.8. The van der Waals surface area contributed by atoms with Crippen LogP contribution in [-0.4, -0.2) is 48.8 Å². The predicted octanol–water partition coefficient (Wildman–Crippen LogP) is 6.00. The lowest BCUT2D eigenvalue weighted by molar-refractivity contribution is -0.140. The summed E-state index contributed by atoms with van der Waals surface area (Å²) in [6.45, 7) is 3.44. The number of benzene rings is 3. The van der Waals surface area contributed by atoms with Crippen LogP contribution in [0.3, 0.4) is 0 Å². The Morgan fingerprint density at radius 2 is 1.67 bits per heavy atom. The van der Waals surface area contributed by atoms with Crippen LogP contribution >= 0.6 is 11.6 Å². The number of hydrogen-bond donors (Lipinski definition) is 2.